The Labute approximate surface area is 182 Å². The number of esters is 1. The first-order valence-corrected chi connectivity index (χ1v) is 10.4. The van der Waals surface area contributed by atoms with Crippen LogP contribution in [0.5, 0.6) is 11.5 Å². The SMILES string of the molecule is CCOC(=O)[C@H]1[C@H]2NC(=S)N(c3c(C)cccc3C)[C@@]1(C)Oc1ccc(OC)cc12. The molecule has 0 aromatic heterocycles. The summed E-state index contributed by atoms with van der Waals surface area (Å²) in [6, 6.07) is 11.3. The third kappa shape index (κ3) is 2.99. The summed E-state index contributed by atoms with van der Waals surface area (Å²) in [6.07, 6.45) is 0. The summed E-state index contributed by atoms with van der Waals surface area (Å²) in [4.78, 5) is 15.1. The zero-order valence-electron chi connectivity index (χ0n) is 17.8. The van der Waals surface area contributed by atoms with Crippen LogP contribution >= 0.6 is 12.2 Å². The molecule has 2 aromatic carbocycles. The lowest BCUT2D eigenvalue weighted by Crippen LogP contribution is -2.72. The molecule has 0 amide bonds. The number of carbonyl (C=O) groups is 1. The van der Waals surface area contributed by atoms with Crippen molar-refractivity contribution in [1.82, 2.24) is 5.32 Å². The van der Waals surface area contributed by atoms with E-state index in [1.54, 1.807) is 14.0 Å². The third-order valence-electron chi connectivity index (χ3n) is 5.91. The molecule has 3 atom stereocenters. The molecule has 158 valence electrons. The van der Waals surface area contributed by atoms with E-state index >= 15 is 0 Å². The van der Waals surface area contributed by atoms with Crippen LogP contribution in [-0.2, 0) is 9.53 Å². The van der Waals surface area contributed by atoms with Crippen LogP contribution in [0.2, 0.25) is 0 Å². The van der Waals surface area contributed by atoms with E-state index in [1.807, 2.05) is 62.1 Å². The number of hydrogen-bond donors (Lipinski definition) is 1. The lowest BCUT2D eigenvalue weighted by Gasteiger charge is -2.56. The van der Waals surface area contributed by atoms with Gasteiger partial charge in [-0.05, 0) is 69.2 Å². The topological polar surface area (TPSA) is 60.0 Å². The van der Waals surface area contributed by atoms with Crippen LogP contribution in [0.1, 0.15) is 36.6 Å². The van der Waals surface area contributed by atoms with Crippen molar-refractivity contribution in [3.05, 3.63) is 53.1 Å². The molecule has 6 nitrogen and oxygen atoms in total. The van der Waals surface area contributed by atoms with Crippen LogP contribution in [0.25, 0.3) is 0 Å². The number of methoxy groups -OCH3 is 1. The Balaban J connectivity index is 1.93. The maximum atomic E-state index is 13.2. The number of rotatable bonds is 4. The van der Waals surface area contributed by atoms with Crippen LogP contribution in [0.15, 0.2) is 36.4 Å². The fourth-order valence-corrected chi connectivity index (χ4v) is 4.98. The molecule has 0 saturated carbocycles. The minimum atomic E-state index is -1.06. The van der Waals surface area contributed by atoms with Crippen LogP contribution in [0.4, 0.5) is 5.69 Å². The molecule has 2 aliphatic heterocycles. The second-order valence-electron chi connectivity index (χ2n) is 7.79. The molecule has 0 spiro atoms. The molecule has 4 rings (SSSR count). The van der Waals surface area contributed by atoms with Crippen molar-refractivity contribution >= 4 is 29.0 Å². The predicted molar refractivity (Wildman–Crippen MR) is 119 cm³/mol. The number of nitrogens with zero attached hydrogens (tertiary/aromatic N) is 1. The summed E-state index contributed by atoms with van der Waals surface area (Å²) in [7, 11) is 1.61. The van der Waals surface area contributed by atoms with Crippen LogP contribution < -0.4 is 19.7 Å². The fraction of sp³-hybridized carbons (Fsp3) is 0.391. The van der Waals surface area contributed by atoms with Gasteiger partial charge < -0.3 is 19.5 Å². The van der Waals surface area contributed by atoms with Gasteiger partial charge in [-0.15, -0.1) is 0 Å². The van der Waals surface area contributed by atoms with Gasteiger partial charge in [-0.1, -0.05) is 18.2 Å². The molecule has 2 aliphatic rings. The molecule has 2 bridgehead atoms. The first kappa shape index (κ1) is 20.5. The Morgan fingerprint density at radius 1 is 1.27 bits per heavy atom. The number of anilines is 1. The fourth-order valence-electron chi connectivity index (χ4n) is 4.58. The summed E-state index contributed by atoms with van der Waals surface area (Å²) < 4.78 is 17.4. The van der Waals surface area contributed by atoms with Crippen molar-refractivity contribution in [3.63, 3.8) is 0 Å². The van der Waals surface area contributed by atoms with Gasteiger partial charge in [0.2, 0.25) is 5.72 Å². The van der Waals surface area contributed by atoms with Gasteiger partial charge in [-0.3, -0.25) is 9.69 Å². The maximum Gasteiger partial charge on any atom is 0.317 e. The Morgan fingerprint density at radius 3 is 2.60 bits per heavy atom. The predicted octanol–water partition coefficient (Wildman–Crippen LogP) is 4.04. The number of aryl methyl sites for hydroxylation is 2. The number of thiocarbonyl (C=S) groups is 1. The molecular weight excluding hydrogens is 400 g/mol. The highest BCUT2D eigenvalue weighted by molar-refractivity contribution is 7.80. The molecule has 0 aliphatic carbocycles. The van der Waals surface area contributed by atoms with Gasteiger partial charge in [0.15, 0.2) is 5.11 Å². The summed E-state index contributed by atoms with van der Waals surface area (Å²) in [5, 5.41) is 3.90. The zero-order valence-corrected chi connectivity index (χ0v) is 18.6. The smallest absolute Gasteiger partial charge is 0.317 e. The molecule has 7 heteroatoms. The zero-order chi connectivity index (χ0) is 21.6. The Hall–Kier alpha value is -2.80. The van der Waals surface area contributed by atoms with E-state index < -0.39 is 11.6 Å². The molecule has 1 fully saturated rings. The van der Waals surface area contributed by atoms with E-state index in [1.165, 1.54) is 0 Å². The Bertz CT molecular complexity index is 1000. The number of carbonyl (C=O) groups excluding carboxylic acids is 1. The van der Waals surface area contributed by atoms with E-state index in [9.17, 15) is 4.79 Å². The number of ether oxygens (including phenoxy) is 3. The summed E-state index contributed by atoms with van der Waals surface area (Å²) in [6.45, 7) is 8.06. The second-order valence-corrected chi connectivity index (χ2v) is 8.18. The van der Waals surface area contributed by atoms with Gasteiger partial charge in [-0.25, -0.2) is 0 Å². The molecule has 1 N–H and O–H groups in total. The van der Waals surface area contributed by atoms with Gasteiger partial charge in [0, 0.05) is 5.56 Å². The highest BCUT2D eigenvalue weighted by Crippen LogP contribution is 2.51. The molecule has 1 saturated heterocycles. The van der Waals surface area contributed by atoms with E-state index in [2.05, 4.69) is 5.32 Å². The molecule has 2 aromatic rings. The standard InChI is InChI=1S/C23H26N2O4S/c1-6-28-21(26)18-19-16-12-15(27-5)10-11-17(16)29-23(18,4)25(22(30)24-19)20-13(2)8-7-9-14(20)3/h7-12,18-19H,6H2,1-5H3,(H,24,30)/t18-,19+,23+/m1/s1. The minimum Gasteiger partial charge on any atom is -0.497 e. The van der Waals surface area contributed by atoms with Gasteiger partial charge in [-0.2, -0.15) is 0 Å². The summed E-state index contributed by atoms with van der Waals surface area (Å²) in [5.41, 5.74) is 2.80. The summed E-state index contributed by atoms with van der Waals surface area (Å²) >= 11 is 5.80. The Kier molecular flexibility index (Phi) is 5.10. The van der Waals surface area contributed by atoms with Crippen molar-refractivity contribution in [2.45, 2.75) is 39.5 Å². The van der Waals surface area contributed by atoms with E-state index in [0.29, 0.717) is 16.6 Å². The Morgan fingerprint density at radius 2 is 1.97 bits per heavy atom. The molecular formula is C23H26N2O4S. The molecule has 2 heterocycles. The van der Waals surface area contributed by atoms with Crippen LogP contribution in [0.3, 0.4) is 0 Å². The lowest BCUT2D eigenvalue weighted by molar-refractivity contribution is -0.159. The maximum absolute atomic E-state index is 13.2. The number of hydrogen-bond acceptors (Lipinski definition) is 5. The number of benzene rings is 2. The van der Waals surface area contributed by atoms with Gasteiger partial charge in [0.25, 0.3) is 0 Å². The first-order chi connectivity index (χ1) is 14.3. The number of fused-ring (bicyclic) bond motifs is 4. The van der Waals surface area contributed by atoms with Crippen LogP contribution in [0, 0.1) is 19.8 Å². The van der Waals surface area contributed by atoms with E-state index in [-0.39, 0.29) is 18.6 Å². The van der Waals surface area contributed by atoms with Crippen molar-refractivity contribution in [2.75, 3.05) is 18.6 Å². The highest BCUT2D eigenvalue weighted by atomic mass is 32.1. The average Bonchev–Trinajstić information content (AvgIpc) is 2.69. The van der Waals surface area contributed by atoms with Crippen molar-refractivity contribution < 1.29 is 19.0 Å². The number of para-hydroxylation sites is 1. The van der Waals surface area contributed by atoms with Crippen LogP contribution in [-0.4, -0.2) is 30.5 Å². The van der Waals surface area contributed by atoms with Gasteiger partial charge in [0.05, 0.1) is 25.4 Å². The van der Waals surface area contributed by atoms with Crippen molar-refractivity contribution in [3.8, 4) is 11.5 Å². The average molecular weight is 427 g/mol. The monoisotopic (exact) mass is 426 g/mol. The summed E-state index contributed by atoms with van der Waals surface area (Å²) in [5.74, 6) is 0.413. The van der Waals surface area contributed by atoms with Crippen molar-refractivity contribution in [2.24, 2.45) is 5.92 Å². The third-order valence-corrected chi connectivity index (χ3v) is 6.21. The normalized spacial score (nSPS) is 24.4. The molecule has 0 unspecified atom stereocenters. The van der Waals surface area contributed by atoms with Gasteiger partial charge in [0.1, 0.15) is 17.4 Å². The minimum absolute atomic E-state index is 0.289. The van der Waals surface area contributed by atoms with Gasteiger partial charge >= 0.3 is 5.97 Å². The van der Waals surface area contributed by atoms with Crippen molar-refractivity contribution in [1.29, 1.82) is 0 Å². The molecule has 30 heavy (non-hydrogen) atoms. The molecule has 0 radical (unpaired) electrons. The largest absolute Gasteiger partial charge is 0.497 e. The first-order valence-electron chi connectivity index (χ1n) is 10.0. The van der Waals surface area contributed by atoms with E-state index in [4.69, 9.17) is 26.4 Å². The second kappa shape index (κ2) is 7.47. The highest BCUT2D eigenvalue weighted by Gasteiger charge is 2.60. The number of nitrogens with one attached hydrogen (secondary N) is 1. The van der Waals surface area contributed by atoms with E-state index in [0.717, 1.165) is 22.4 Å². The quantitative estimate of drug-likeness (QED) is 0.585. The lowest BCUT2D eigenvalue weighted by atomic mass is 9.79.